The number of hydrogen-bond donors (Lipinski definition) is 1. The van der Waals surface area contributed by atoms with Crippen LogP contribution in [0, 0.1) is 0 Å². The van der Waals surface area contributed by atoms with Gasteiger partial charge in [-0.1, -0.05) is 52.0 Å². The van der Waals surface area contributed by atoms with Crippen LogP contribution >= 0.6 is 27.7 Å². The Morgan fingerprint density at radius 3 is 2.26 bits per heavy atom. The van der Waals surface area contributed by atoms with Crippen LogP contribution in [-0.4, -0.2) is 50.6 Å². The zero-order chi connectivity index (χ0) is 27.5. The number of thioether (sulfide) groups is 1. The maximum Gasteiger partial charge on any atom is 0.266 e. The van der Waals surface area contributed by atoms with Gasteiger partial charge in [0.1, 0.15) is 5.82 Å². The summed E-state index contributed by atoms with van der Waals surface area (Å²) in [5.74, 6) is -0.440. The van der Waals surface area contributed by atoms with E-state index in [4.69, 9.17) is 0 Å². The van der Waals surface area contributed by atoms with Crippen molar-refractivity contribution < 1.29 is 19.2 Å². The monoisotopic (exact) mass is 603 g/mol. The van der Waals surface area contributed by atoms with Crippen molar-refractivity contribution in [2.75, 3.05) is 17.2 Å². The molecule has 39 heavy (non-hydrogen) atoms. The van der Waals surface area contributed by atoms with E-state index in [0.29, 0.717) is 46.3 Å². The fraction of sp³-hybridized carbons (Fsp3) is 0.143. The van der Waals surface area contributed by atoms with E-state index in [2.05, 4.69) is 31.4 Å². The van der Waals surface area contributed by atoms with Crippen LogP contribution in [0.1, 0.15) is 43.8 Å². The molecule has 1 aromatic heterocycles. The Hall–Kier alpha value is -4.09. The second-order valence-corrected chi connectivity index (χ2v) is 10.6. The Morgan fingerprint density at radius 1 is 0.897 bits per heavy atom. The predicted octanol–water partition coefficient (Wildman–Crippen LogP) is 4.48. The molecule has 0 saturated carbocycles. The summed E-state index contributed by atoms with van der Waals surface area (Å²) in [6.07, 6.45) is 0.458. The molecule has 2 heterocycles. The molecule has 1 N–H and O–H groups in total. The topological polar surface area (TPSA) is 114 Å². The predicted molar refractivity (Wildman–Crippen MR) is 151 cm³/mol. The molecule has 0 atom stereocenters. The lowest BCUT2D eigenvalue weighted by atomic mass is 10.1. The van der Waals surface area contributed by atoms with Crippen molar-refractivity contribution in [2.24, 2.45) is 0 Å². The fourth-order valence-electron chi connectivity index (χ4n) is 4.21. The fourth-order valence-corrected chi connectivity index (χ4v) is 5.34. The van der Waals surface area contributed by atoms with Crippen molar-refractivity contribution in [3.63, 3.8) is 0 Å². The summed E-state index contributed by atoms with van der Waals surface area (Å²) in [4.78, 5) is 51.4. The van der Waals surface area contributed by atoms with Crippen LogP contribution in [0.25, 0.3) is 5.69 Å². The second-order valence-electron chi connectivity index (χ2n) is 8.70. The van der Waals surface area contributed by atoms with E-state index in [9.17, 15) is 19.2 Å². The minimum absolute atomic E-state index is 0.0614. The molecule has 0 radical (unpaired) electrons. The minimum Gasteiger partial charge on any atom is -0.356 e. The van der Waals surface area contributed by atoms with Crippen LogP contribution in [0.15, 0.2) is 82.4 Å². The third kappa shape index (κ3) is 5.55. The van der Waals surface area contributed by atoms with E-state index in [1.165, 1.54) is 18.7 Å². The van der Waals surface area contributed by atoms with Crippen molar-refractivity contribution in [3.05, 3.63) is 99.8 Å². The number of carbonyl (C=O) groups is 4. The summed E-state index contributed by atoms with van der Waals surface area (Å²) >= 11 is 4.67. The highest BCUT2D eigenvalue weighted by molar-refractivity contribution is 9.10. The summed E-state index contributed by atoms with van der Waals surface area (Å²) in [5, 5.41) is 11.9. The largest absolute Gasteiger partial charge is 0.356 e. The number of halogens is 1. The maximum absolute atomic E-state index is 13.2. The summed E-state index contributed by atoms with van der Waals surface area (Å²) in [6.45, 7) is 1.86. The number of Topliss-reactive ketones (excluding diaryl/α,β-unsaturated/α-hetero) is 1. The molecule has 3 aromatic carbocycles. The third-order valence-electron chi connectivity index (χ3n) is 6.06. The van der Waals surface area contributed by atoms with Gasteiger partial charge in [0, 0.05) is 35.6 Å². The molecule has 196 valence electrons. The lowest BCUT2D eigenvalue weighted by molar-refractivity contribution is -0.118. The molecule has 0 unspecified atom stereocenters. The van der Waals surface area contributed by atoms with E-state index in [0.717, 1.165) is 15.1 Å². The third-order valence-corrected chi connectivity index (χ3v) is 7.52. The van der Waals surface area contributed by atoms with Gasteiger partial charge in [-0.2, -0.15) is 0 Å². The molecular weight excluding hydrogens is 582 g/mol. The molecule has 4 aromatic rings. The Kier molecular flexibility index (Phi) is 7.71. The van der Waals surface area contributed by atoms with Crippen LogP contribution in [0.2, 0.25) is 0 Å². The minimum atomic E-state index is -0.413. The molecule has 0 bridgehead atoms. The van der Waals surface area contributed by atoms with Gasteiger partial charge < -0.3 is 5.32 Å². The molecular formula is C28H22BrN5O4S. The van der Waals surface area contributed by atoms with E-state index < -0.39 is 11.8 Å². The molecule has 0 spiro atoms. The highest BCUT2D eigenvalue weighted by Gasteiger charge is 2.36. The van der Waals surface area contributed by atoms with Gasteiger partial charge in [0.05, 0.1) is 22.6 Å². The summed E-state index contributed by atoms with van der Waals surface area (Å²) < 4.78 is 2.78. The number of rotatable bonds is 9. The van der Waals surface area contributed by atoms with Crippen molar-refractivity contribution in [1.82, 2.24) is 20.1 Å². The van der Waals surface area contributed by atoms with Gasteiger partial charge in [-0.3, -0.25) is 23.7 Å². The van der Waals surface area contributed by atoms with E-state index in [1.807, 2.05) is 28.8 Å². The number of aromatic nitrogens is 3. The van der Waals surface area contributed by atoms with Crippen LogP contribution in [0.4, 0.5) is 5.69 Å². The van der Waals surface area contributed by atoms with Gasteiger partial charge in [0.15, 0.2) is 10.9 Å². The molecule has 11 heteroatoms. The first-order valence-corrected chi connectivity index (χ1v) is 13.8. The van der Waals surface area contributed by atoms with Gasteiger partial charge in [-0.25, -0.2) is 4.90 Å². The van der Waals surface area contributed by atoms with Gasteiger partial charge in [-0.15, -0.1) is 10.2 Å². The normalized spacial score (nSPS) is 12.5. The summed E-state index contributed by atoms with van der Waals surface area (Å²) in [6, 6.07) is 20.8. The number of fused-ring (bicyclic) bond motifs is 1. The average molecular weight is 604 g/mol. The lowest BCUT2D eigenvalue weighted by Crippen LogP contribution is -2.29. The van der Waals surface area contributed by atoms with Gasteiger partial charge in [0.2, 0.25) is 5.91 Å². The number of amides is 3. The van der Waals surface area contributed by atoms with Crippen LogP contribution < -0.4 is 10.2 Å². The van der Waals surface area contributed by atoms with Gasteiger partial charge >= 0.3 is 0 Å². The Bertz CT molecular complexity index is 1570. The van der Waals surface area contributed by atoms with E-state index >= 15 is 0 Å². The number of nitrogens with zero attached hydrogens (tertiary/aromatic N) is 4. The molecule has 9 nitrogen and oxygen atoms in total. The highest BCUT2D eigenvalue weighted by Crippen LogP contribution is 2.30. The summed E-state index contributed by atoms with van der Waals surface area (Å²) in [5.41, 5.74) is 2.23. The van der Waals surface area contributed by atoms with Crippen molar-refractivity contribution in [3.8, 4) is 5.69 Å². The number of anilines is 1. The van der Waals surface area contributed by atoms with E-state index in [1.54, 1.807) is 48.5 Å². The molecule has 3 amide bonds. The van der Waals surface area contributed by atoms with Crippen molar-refractivity contribution in [1.29, 1.82) is 0 Å². The van der Waals surface area contributed by atoms with Gasteiger partial charge in [0.25, 0.3) is 11.8 Å². The Balaban J connectivity index is 1.35. The maximum atomic E-state index is 13.2. The first-order valence-electron chi connectivity index (χ1n) is 12.0. The SMILES string of the molecule is CC(=O)NCCc1nnc(SCC(=O)c2cccc(N3C(=O)c4ccccc4C3=O)c2)n1-c1ccc(Br)cc1. The first kappa shape index (κ1) is 26.5. The quantitative estimate of drug-likeness (QED) is 0.170. The number of carbonyl (C=O) groups excluding carboxylic acids is 4. The highest BCUT2D eigenvalue weighted by atomic mass is 79.9. The molecule has 0 fully saturated rings. The number of nitrogens with one attached hydrogen (secondary N) is 1. The molecule has 1 aliphatic heterocycles. The van der Waals surface area contributed by atoms with Crippen molar-refractivity contribution in [2.45, 2.75) is 18.5 Å². The van der Waals surface area contributed by atoms with Crippen LogP contribution in [-0.2, 0) is 11.2 Å². The average Bonchev–Trinajstić information content (AvgIpc) is 3.45. The molecule has 5 rings (SSSR count). The zero-order valence-electron chi connectivity index (χ0n) is 20.8. The first-order chi connectivity index (χ1) is 18.8. The smallest absolute Gasteiger partial charge is 0.266 e. The van der Waals surface area contributed by atoms with Crippen LogP contribution in [0.5, 0.6) is 0 Å². The van der Waals surface area contributed by atoms with Crippen LogP contribution in [0.3, 0.4) is 0 Å². The Morgan fingerprint density at radius 2 is 1.59 bits per heavy atom. The number of imide groups is 1. The molecule has 0 aliphatic carbocycles. The standard InChI is InChI=1S/C28H22BrN5O4S/c1-17(35)30-14-13-25-31-32-28(33(25)20-11-9-19(29)10-12-20)39-16-24(36)18-5-4-6-21(15-18)34-26(37)22-7-2-3-8-23(22)27(34)38/h2-12,15H,13-14,16H2,1H3,(H,30,35). The second kappa shape index (κ2) is 11.3. The zero-order valence-corrected chi connectivity index (χ0v) is 23.2. The lowest BCUT2D eigenvalue weighted by Gasteiger charge is -2.15. The Labute approximate surface area is 236 Å². The number of ketones is 1. The van der Waals surface area contributed by atoms with E-state index in [-0.39, 0.29) is 17.4 Å². The summed E-state index contributed by atoms with van der Waals surface area (Å²) in [7, 11) is 0. The molecule has 0 saturated heterocycles. The van der Waals surface area contributed by atoms with Gasteiger partial charge in [-0.05, 0) is 48.5 Å². The van der Waals surface area contributed by atoms with Crippen molar-refractivity contribution >= 4 is 56.9 Å². The number of hydrogen-bond acceptors (Lipinski definition) is 7. The number of benzene rings is 3. The molecule has 1 aliphatic rings.